The van der Waals surface area contributed by atoms with Crippen molar-refractivity contribution < 1.29 is 0 Å². The van der Waals surface area contributed by atoms with Crippen molar-refractivity contribution in [2.45, 2.75) is 58.5 Å². The summed E-state index contributed by atoms with van der Waals surface area (Å²) >= 11 is 0. The minimum atomic E-state index is 0.181. The van der Waals surface area contributed by atoms with E-state index in [1.807, 2.05) is 0 Å². The summed E-state index contributed by atoms with van der Waals surface area (Å²) in [6.45, 7) is 15.7. The molecule has 0 radical (unpaired) electrons. The molecule has 1 aliphatic rings. The maximum absolute atomic E-state index is 3.65. The molecule has 2 heteroatoms. The minimum absolute atomic E-state index is 0.181. The Kier molecular flexibility index (Phi) is 3.65. The van der Waals surface area contributed by atoms with Gasteiger partial charge in [0, 0.05) is 30.4 Å². The lowest BCUT2D eigenvalue weighted by molar-refractivity contribution is 0.301. The first-order chi connectivity index (χ1) is 8.67. The molecule has 0 spiro atoms. The van der Waals surface area contributed by atoms with Crippen LogP contribution in [-0.4, -0.2) is 24.7 Å². The lowest BCUT2D eigenvalue weighted by atomic mass is 9.87. The SMILES string of the molecule is CC1CN(c2ccc(C(C)(C)C)cc2)CC(C)(C)N1. The Morgan fingerprint density at radius 3 is 2.21 bits per heavy atom. The molecular formula is C17H28N2. The van der Waals surface area contributed by atoms with Crippen molar-refractivity contribution in [3.63, 3.8) is 0 Å². The van der Waals surface area contributed by atoms with Gasteiger partial charge in [-0.05, 0) is 43.9 Å². The van der Waals surface area contributed by atoms with Crippen LogP contribution in [0.3, 0.4) is 0 Å². The highest BCUT2D eigenvalue weighted by Crippen LogP contribution is 2.27. The van der Waals surface area contributed by atoms with Crippen molar-refractivity contribution in [3.05, 3.63) is 29.8 Å². The molecule has 19 heavy (non-hydrogen) atoms. The third-order valence-corrected chi connectivity index (χ3v) is 3.82. The van der Waals surface area contributed by atoms with Gasteiger partial charge in [0.15, 0.2) is 0 Å². The van der Waals surface area contributed by atoms with E-state index in [2.05, 4.69) is 76.0 Å². The van der Waals surface area contributed by atoms with E-state index in [0.29, 0.717) is 6.04 Å². The number of anilines is 1. The van der Waals surface area contributed by atoms with E-state index in [-0.39, 0.29) is 11.0 Å². The zero-order valence-electron chi connectivity index (χ0n) is 13.2. The summed E-state index contributed by atoms with van der Waals surface area (Å²) in [4.78, 5) is 2.49. The predicted octanol–water partition coefficient (Wildman–Crippen LogP) is 3.56. The molecule has 1 heterocycles. The summed E-state index contributed by atoms with van der Waals surface area (Å²) in [5, 5.41) is 3.65. The summed E-state index contributed by atoms with van der Waals surface area (Å²) < 4.78 is 0. The summed E-state index contributed by atoms with van der Waals surface area (Å²) in [5.41, 5.74) is 3.16. The van der Waals surface area contributed by atoms with Crippen LogP contribution in [0.15, 0.2) is 24.3 Å². The highest BCUT2D eigenvalue weighted by Gasteiger charge is 2.29. The predicted molar refractivity (Wildman–Crippen MR) is 84.0 cm³/mol. The molecule has 1 aromatic rings. The number of benzene rings is 1. The molecule has 1 aliphatic heterocycles. The maximum atomic E-state index is 3.65. The van der Waals surface area contributed by atoms with Crippen LogP contribution in [-0.2, 0) is 5.41 Å². The molecular weight excluding hydrogens is 232 g/mol. The Bertz CT molecular complexity index is 426. The first-order valence-electron chi connectivity index (χ1n) is 7.31. The molecule has 106 valence electrons. The Hall–Kier alpha value is -1.02. The third kappa shape index (κ3) is 3.50. The number of nitrogens with one attached hydrogen (secondary N) is 1. The molecule has 2 rings (SSSR count). The topological polar surface area (TPSA) is 15.3 Å². The fraction of sp³-hybridized carbons (Fsp3) is 0.647. The average molecular weight is 260 g/mol. The van der Waals surface area contributed by atoms with E-state index >= 15 is 0 Å². The molecule has 1 saturated heterocycles. The van der Waals surface area contributed by atoms with Gasteiger partial charge in [0.25, 0.3) is 0 Å². The second-order valence-corrected chi connectivity index (χ2v) is 7.61. The standard InChI is InChI=1S/C17H28N2/c1-13-11-19(12-17(5,6)18-13)15-9-7-14(8-10-15)16(2,3)4/h7-10,13,18H,11-12H2,1-6H3. The van der Waals surface area contributed by atoms with Gasteiger partial charge < -0.3 is 10.2 Å². The summed E-state index contributed by atoms with van der Waals surface area (Å²) in [6.07, 6.45) is 0. The lowest BCUT2D eigenvalue weighted by Crippen LogP contribution is -2.61. The van der Waals surface area contributed by atoms with E-state index < -0.39 is 0 Å². The molecule has 2 nitrogen and oxygen atoms in total. The number of piperazine rings is 1. The molecule has 0 aromatic heterocycles. The van der Waals surface area contributed by atoms with Gasteiger partial charge >= 0.3 is 0 Å². The average Bonchev–Trinajstić information content (AvgIpc) is 2.25. The summed E-state index contributed by atoms with van der Waals surface area (Å²) in [7, 11) is 0. The quantitative estimate of drug-likeness (QED) is 0.830. The Labute approximate surface area is 118 Å². The van der Waals surface area contributed by atoms with Gasteiger partial charge in [-0.1, -0.05) is 32.9 Å². The van der Waals surface area contributed by atoms with Crippen molar-refractivity contribution in [2.24, 2.45) is 0 Å². The smallest absolute Gasteiger partial charge is 0.0367 e. The summed E-state index contributed by atoms with van der Waals surface area (Å²) in [6, 6.07) is 9.62. The van der Waals surface area contributed by atoms with Gasteiger partial charge in [-0.15, -0.1) is 0 Å². The molecule has 1 N–H and O–H groups in total. The number of nitrogens with zero attached hydrogens (tertiary/aromatic N) is 1. The monoisotopic (exact) mass is 260 g/mol. The zero-order chi connectivity index (χ0) is 14.3. The van der Waals surface area contributed by atoms with Crippen molar-refractivity contribution in [1.29, 1.82) is 0 Å². The van der Waals surface area contributed by atoms with Gasteiger partial charge in [0.1, 0.15) is 0 Å². The second kappa shape index (κ2) is 4.82. The van der Waals surface area contributed by atoms with Gasteiger partial charge in [-0.2, -0.15) is 0 Å². The van der Waals surface area contributed by atoms with E-state index in [9.17, 15) is 0 Å². The highest BCUT2D eigenvalue weighted by molar-refractivity contribution is 5.49. The highest BCUT2D eigenvalue weighted by atomic mass is 15.2. The van der Waals surface area contributed by atoms with Crippen molar-refractivity contribution in [1.82, 2.24) is 5.32 Å². The largest absolute Gasteiger partial charge is 0.368 e. The maximum Gasteiger partial charge on any atom is 0.0367 e. The van der Waals surface area contributed by atoms with Crippen LogP contribution in [0.25, 0.3) is 0 Å². The lowest BCUT2D eigenvalue weighted by Gasteiger charge is -2.44. The fourth-order valence-electron chi connectivity index (χ4n) is 3.00. The molecule has 1 aromatic carbocycles. The fourth-order valence-corrected chi connectivity index (χ4v) is 3.00. The van der Waals surface area contributed by atoms with E-state index in [1.165, 1.54) is 11.3 Å². The van der Waals surface area contributed by atoms with Gasteiger partial charge in [0.2, 0.25) is 0 Å². The van der Waals surface area contributed by atoms with Crippen molar-refractivity contribution in [2.75, 3.05) is 18.0 Å². The first-order valence-corrected chi connectivity index (χ1v) is 7.31. The van der Waals surface area contributed by atoms with Gasteiger partial charge in [-0.25, -0.2) is 0 Å². The molecule has 1 unspecified atom stereocenters. The van der Waals surface area contributed by atoms with Gasteiger partial charge in [0.05, 0.1) is 0 Å². The van der Waals surface area contributed by atoms with Crippen LogP contribution in [0.4, 0.5) is 5.69 Å². The molecule has 0 saturated carbocycles. The van der Waals surface area contributed by atoms with Crippen LogP contribution in [0.1, 0.15) is 47.1 Å². The Morgan fingerprint density at radius 2 is 1.74 bits per heavy atom. The van der Waals surface area contributed by atoms with Crippen LogP contribution < -0.4 is 10.2 Å². The molecule has 0 bridgehead atoms. The van der Waals surface area contributed by atoms with E-state index in [0.717, 1.165) is 13.1 Å². The second-order valence-electron chi connectivity index (χ2n) is 7.61. The first kappa shape index (κ1) is 14.4. The molecule has 0 aliphatic carbocycles. The normalized spacial score (nSPS) is 23.5. The third-order valence-electron chi connectivity index (χ3n) is 3.82. The van der Waals surface area contributed by atoms with Gasteiger partial charge in [-0.3, -0.25) is 0 Å². The minimum Gasteiger partial charge on any atom is -0.368 e. The molecule has 0 amide bonds. The van der Waals surface area contributed by atoms with E-state index in [1.54, 1.807) is 0 Å². The molecule has 1 fully saturated rings. The van der Waals surface area contributed by atoms with Crippen molar-refractivity contribution >= 4 is 5.69 Å². The van der Waals surface area contributed by atoms with Crippen LogP contribution >= 0.6 is 0 Å². The van der Waals surface area contributed by atoms with Crippen molar-refractivity contribution in [3.8, 4) is 0 Å². The number of hydrogen-bond donors (Lipinski definition) is 1. The Balaban J connectivity index is 2.18. The zero-order valence-corrected chi connectivity index (χ0v) is 13.2. The molecule has 1 atom stereocenters. The van der Waals surface area contributed by atoms with Crippen LogP contribution in [0, 0.1) is 0 Å². The number of hydrogen-bond acceptors (Lipinski definition) is 2. The van der Waals surface area contributed by atoms with E-state index in [4.69, 9.17) is 0 Å². The summed E-state index contributed by atoms with van der Waals surface area (Å²) in [5.74, 6) is 0. The Morgan fingerprint density at radius 1 is 1.16 bits per heavy atom. The number of rotatable bonds is 1. The van der Waals surface area contributed by atoms with Crippen LogP contribution in [0.5, 0.6) is 0 Å². The van der Waals surface area contributed by atoms with Crippen LogP contribution in [0.2, 0.25) is 0 Å².